The molecule has 12 heavy (non-hydrogen) atoms. The van der Waals surface area contributed by atoms with E-state index in [2.05, 4.69) is 23.1 Å². The first-order valence-corrected chi connectivity index (χ1v) is 3.98. The van der Waals surface area contributed by atoms with Gasteiger partial charge < -0.3 is 0 Å². The largest absolute Gasteiger partial charge is 0.242 e. The lowest BCUT2D eigenvalue weighted by Crippen LogP contribution is -2.01. The Kier molecular flexibility index (Phi) is 3.24. The van der Waals surface area contributed by atoms with Crippen LogP contribution in [0.3, 0.4) is 0 Å². The quantitative estimate of drug-likeness (QED) is 0.659. The Morgan fingerprint density at radius 3 is 2.67 bits per heavy atom. The van der Waals surface area contributed by atoms with E-state index in [9.17, 15) is 0 Å². The molecule has 1 rings (SSSR count). The highest BCUT2D eigenvalue weighted by atomic mass is 14.8. The van der Waals surface area contributed by atoms with Gasteiger partial charge in [-0.2, -0.15) is 0 Å². The Balaban J connectivity index is 2.58. The number of benzene rings is 1. The van der Waals surface area contributed by atoms with Gasteiger partial charge in [-0.3, -0.25) is 0 Å². The summed E-state index contributed by atoms with van der Waals surface area (Å²) in [5.41, 5.74) is 1.25. The van der Waals surface area contributed by atoms with Crippen molar-refractivity contribution in [1.29, 1.82) is 5.41 Å². The molecule has 1 aromatic rings. The minimum absolute atomic E-state index is 0.157. The molecule has 0 aromatic heterocycles. The zero-order valence-corrected chi connectivity index (χ0v) is 7.12. The van der Waals surface area contributed by atoms with Crippen LogP contribution in [0.4, 0.5) is 0 Å². The second-order valence-corrected chi connectivity index (χ2v) is 2.78. The molecule has 2 heteroatoms. The lowest BCUT2D eigenvalue weighted by molar-refractivity contribution is 0.744. The van der Waals surface area contributed by atoms with Gasteiger partial charge in [-0.15, -0.1) is 0 Å². The van der Waals surface area contributed by atoms with Gasteiger partial charge in [-0.1, -0.05) is 30.3 Å². The zero-order chi connectivity index (χ0) is 8.81. The molecule has 0 fully saturated rings. The van der Waals surface area contributed by atoms with Crippen molar-refractivity contribution < 1.29 is 0 Å². The maximum atomic E-state index is 6.68. The van der Waals surface area contributed by atoms with Gasteiger partial charge in [-0.05, 0) is 18.9 Å². The van der Waals surface area contributed by atoms with E-state index in [1.54, 1.807) is 0 Å². The number of nitrogens with zero attached hydrogens (tertiary/aromatic N) is 1. The van der Waals surface area contributed by atoms with E-state index >= 15 is 0 Å². The average molecular weight is 160 g/mol. The van der Waals surface area contributed by atoms with Crippen LogP contribution in [0.5, 0.6) is 0 Å². The normalized spacial score (nSPS) is 11.8. The third-order valence-electron chi connectivity index (χ3n) is 1.66. The zero-order valence-electron chi connectivity index (χ0n) is 7.12. The molecular weight excluding hydrogens is 148 g/mol. The molecule has 0 radical (unpaired) electrons. The summed E-state index contributed by atoms with van der Waals surface area (Å²) < 4.78 is 0. The molecular formula is C10H12N2. The molecule has 0 spiro atoms. The van der Waals surface area contributed by atoms with Crippen LogP contribution in [0.2, 0.25) is 0 Å². The second kappa shape index (κ2) is 4.47. The molecule has 0 aliphatic heterocycles. The van der Waals surface area contributed by atoms with E-state index in [1.165, 1.54) is 5.56 Å². The van der Waals surface area contributed by atoms with Crippen molar-refractivity contribution >= 4 is 6.01 Å². The molecule has 62 valence electrons. The van der Waals surface area contributed by atoms with Gasteiger partial charge in [0.25, 0.3) is 0 Å². The number of nitrogens with one attached hydrogen (secondary N) is 1. The summed E-state index contributed by atoms with van der Waals surface area (Å²) in [6.45, 7) is 1.98. The minimum atomic E-state index is 0.157. The molecule has 0 saturated carbocycles. The Hall–Kier alpha value is -1.40. The van der Waals surface area contributed by atoms with Crippen molar-refractivity contribution in [3.8, 4) is 0 Å². The van der Waals surface area contributed by atoms with Gasteiger partial charge in [0, 0.05) is 0 Å². The SMILES string of the molecule is CC(Cc1ccccc1)N=C=N. The molecule has 1 atom stereocenters. The van der Waals surface area contributed by atoms with Crippen molar-refractivity contribution in [2.45, 2.75) is 19.4 Å². The van der Waals surface area contributed by atoms with Crippen LogP contribution in [0, 0.1) is 5.41 Å². The second-order valence-electron chi connectivity index (χ2n) is 2.78. The molecule has 0 saturated heterocycles. The van der Waals surface area contributed by atoms with Crippen LogP contribution in [0.25, 0.3) is 0 Å². The van der Waals surface area contributed by atoms with Gasteiger partial charge in [-0.25, -0.2) is 10.4 Å². The average Bonchev–Trinajstić information content (AvgIpc) is 2.06. The summed E-state index contributed by atoms with van der Waals surface area (Å²) in [6.07, 6.45) is 0.882. The summed E-state index contributed by atoms with van der Waals surface area (Å²) in [6, 6.07) is 12.4. The van der Waals surface area contributed by atoms with E-state index in [0.717, 1.165) is 6.42 Å². The predicted molar refractivity (Wildman–Crippen MR) is 49.8 cm³/mol. The summed E-state index contributed by atoms with van der Waals surface area (Å²) in [5, 5.41) is 6.68. The fraction of sp³-hybridized carbons (Fsp3) is 0.300. The Labute approximate surface area is 72.5 Å². The van der Waals surface area contributed by atoms with Gasteiger partial charge in [0.05, 0.1) is 12.1 Å². The van der Waals surface area contributed by atoms with Crippen molar-refractivity contribution in [2.75, 3.05) is 0 Å². The van der Waals surface area contributed by atoms with Crippen LogP contribution < -0.4 is 0 Å². The highest BCUT2D eigenvalue weighted by Crippen LogP contribution is 2.04. The fourth-order valence-corrected chi connectivity index (χ4v) is 1.11. The monoisotopic (exact) mass is 160 g/mol. The van der Waals surface area contributed by atoms with Crippen molar-refractivity contribution in [1.82, 2.24) is 0 Å². The number of aliphatic imine (C=N–C) groups is 1. The first kappa shape index (κ1) is 8.69. The highest BCUT2D eigenvalue weighted by Gasteiger charge is 1.98. The third-order valence-corrected chi connectivity index (χ3v) is 1.66. The van der Waals surface area contributed by atoms with E-state index in [1.807, 2.05) is 25.1 Å². The topological polar surface area (TPSA) is 36.2 Å². The number of hydrogen-bond donors (Lipinski definition) is 1. The molecule has 1 unspecified atom stereocenters. The summed E-state index contributed by atoms with van der Waals surface area (Å²) in [7, 11) is 0. The third kappa shape index (κ3) is 2.69. The van der Waals surface area contributed by atoms with E-state index in [4.69, 9.17) is 5.41 Å². The lowest BCUT2D eigenvalue weighted by Gasteiger charge is -2.02. The molecule has 1 aromatic carbocycles. The molecule has 2 nitrogen and oxygen atoms in total. The van der Waals surface area contributed by atoms with Crippen molar-refractivity contribution in [2.24, 2.45) is 4.99 Å². The molecule has 1 N–H and O–H groups in total. The molecule has 0 aliphatic rings. The molecule has 0 amide bonds. The lowest BCUT2D eigenvalue weighted by atomic mass is 10.1. The highest BCUT2D eigenvalue weighted by molar-refractivity contribution is 5.36. The van der Waals surface area contributed by atoms with E-state index in [0.29, 0.717) is 0 Å². The van der Waals surface area contributed by atoms with Gasteiger partial charge in [0.1, 0.15) is 0 Å². The van der Waals surface area contributed by atoms with Gasteiger partial charge in [0.15, 0.2) is 0 Å². The number of rotatable bonds is 3. The maximum Gasteiger partial charge on any atom is 0.0864 e. The Bertz CT molecular complexity index is 273. The first-order valence-electron chi connectivity index (χ1n) is 3.98. The standard InChI is InChI=1S/C10H12N2/c1-9(12-8-11)7-10-5-3-2-4-6-10/h2-6,9,11H,7H2,1H3. The predicted octanol–water partition coefficient (Wildman–Crippen LogP) is 2.37. The van der Waals surface area contributed by atoms with Crippen LogP contribution in [-0.4, -0.2) is 12.1 Å². The first-order chi connectivity index (χ1) is 5.83. The van der Waals surface area contributed by atoms with Crippen LogP contribution >= 0.6 is 0 Å². The Morgan fingerprint density at radius 2 is 2.08 bits per heavy atom. The molecule has 0 heterocycles. The van der Waals surface area contributed by atoms with Gasteiger partial charge in [0.2, 0.25) is 0 Å². The van der Waals surface area contributed by atoms with E-state index < -0.39 is 0 Å². The van der Waals surface area contributed by atoms with Crippen LogP contribution in [0.15, 0.2) is 35.3 Å². The molecule has 0 bridgehead atoms. The number of hydrogen-bond acceptors (Lipinski definition) is 2. The van der Waals surface area contributed by atoms with E-state index in [-0.39, 0.29) is 6.04 Å². The van der Waals surface area contributed by atoms with Crippen molar-refractivity contribution in [3.63, 3.8) is 0 Å². The maximum absolute atomic E-state index is 6.68. The smallest absolute Gasteiger partial charge is 0.0864 e. The fourth-order valence-electron chi connectivity index (χ4n) is 1.11. The minimum Gasteiger partial charge on any atom is -0.242 e. The van der Waals surface area contributed by atoms with Crippen LogP contribution in [-0.2, 0) is 6.42 Å². The summed E-state index contributed by atoms with van der Waals surface area (Å²) in [4.78, 5) is 3.84. The Morgan fingerprint density at radius 1 is 1.42 bits per heavy atom. The summed E-state index contributed by atoms with van der Waals surface area (Å²) in [5.74, 6) is 0. The van der Waals surface area contributed by atoms with Crippen molar-refractivity contribution in [3.05, 3.63) is 35.9 Å². The molecule has 0 aliphatic carbocycles. The van der Waals surface area contributed by atoms with Gasteiger partial charge >= 0.3 is 0 Å². The van der Waals surface area contributed by atoms with Crippen LogP contribution in [0.1, 0.15) is 12.5 Å². The summed E-state index contributed by atoms with van der Waals surface area (Å²) >= 11 is 0.